The molecule has 0 amide bonds. The third kappa shape index (κ3) is 3.56. The molecule has 8 rings (SSSR count). The number of para-hydroxylation sites is 2. The number of halogens is 1. The van der Waals surface area contributed by atoms with E-state index in [1.54, 1.807) is 0 Å². The van der Waals surface area contributed by atoms with Crippen molar-refractivity contribution in [2.24, 2.45) is 0 Å². The predicted octanol–water partition coefficient (Wildman–Crippen LogP) is 11.2. The van der Waals surface area contributed by atoms with Gasteiger partial charge in [-0.2, -0.15) is 0 Å². The summed E-state index contributed by atoms with van der Waals surface area (Å²) in [4.78, 5) is 0. The monoisotopic (exact) mass is 546 g/mol. The fourth-order valence-electron chi connectivity index (χ4n) is 6.79. The van der Waals surface area contributed by atoms with Crippen LogP contribution in [0.15, 0.2) is 132 Å². The van der Waals surface area contributed by atoms with Crippen molar-refractivity contribution < 1.29 is 4.42 Å². The molecule has 2 heteroatoms. The Labute approximate surface area is 244 Å². The number of hydrogen-bond acceptors (Lipinski definition) is 1. The molecule has 0 spiro atoms. The molecule has 0 aliphatic heterocycles. The van der Waals surface area contributed by atoms with Crippen molar-refractivity contribution in [2.75, 3.05) is 0 Å². The fourth-order valence-corrected chi connectivity index (χ4v) is 6.97. The largest absolute Gasteiger partial charge is 0.455 e. The Balaban J connectivity index is 1.28. The number of aryl methyl sites for hydroxylation is 1. The minimum absolute atomic E-state index is 0.295. The molecule has 1 nitrogen and oxygen atoms in total. The van der Waals surface area contributed by atoms with Gasteiger partial charge in [-0.05, 0) is 76.6 Å². The lowest BCUT2D eigenvalue weighted by Crippen LogP contribution is -2.22. The maximum Gasteiger partial charge on any atom is 0.143 e. The Bertz CT molecular complexity index is 2120. The van der Waals surface area contributed by atoms with E-state index < -0.39 is 0 Å². The van der Waals surface area contributed by atoms with Crippen LogP contribution in [0.1, 0.15) is 29.2 Å². The molecule has 41 heavy (non-hydrogen) atoms. The van der Waals surface area contributed by atoms with Gasteiger partial charge in [0.15, 0.2) is 0 Å². The van der Waals surface area contributed by atoms with E-state index in [1.807, 2.05) is 18.2 Å². The minimum atomic E-state index is -0.295. The molecule has 0 bridgehead atoms. The number of furan rings is 1. The number of rotatable bonds is 3. The summed E-state index contributed by atoms with van der Waals surface area (Å²) in [6, 6.07) is 45.5. The minimum Gasteiger partial charge on any atom is -0.455 e. The molecule has 196 valence electrons. The van der Waals surface area contributed by atoms with E-state index in [9.17, 15) is 0 Å². The highest BCUT2D eigenvalue weighted by atomic mass is 35.5. The van der Waals surface area contributed by atoms with Crippen LogP contribution in [0.4, 0.5) is 0 Å². The van der Waals surface area contributed by atoms with Gasteiger partial charge in [-0.15, -0.1) is 0 Å². The lowest BCUT2D eigenvalue weighted by atomic mass is 9.74. The van der Waals surface area contributed by atoms with Gasteiger partial charge in [0, 0.05) is 26.8 Å². The van der Waals surface area contributed by atoms with E-state index >= 15 is 0 Å². The molecule has 0 fully saturated rings. The summed E-state index contributed by atoms with van der Waals surface area (Å²) < 4.78 is 6.32. The van der Waals surface area contributed by atoms with Gasteiger partial charge in [-0.1, -0.05) is 126 Å². The lowest BCUT2D eigenvalue weighted by Gasteiger charge is -2.28. The summed E-state index contributed by atoms with van der Waals surface area (Å²) in [5.41, 5.74) is 13.9. The summed E-state index contributed by atoms with van der Waals surface area (Å²) in [7, 11) is 0. The highest BCUT2D eigenvalue weighted by molar-refractivity contribution is 6.30. The van der Waals surface area contributed by atoms with Crippen molar-refractivity contribution in [3.8, 4) is 33.4 Å². The summed E-state index contributed by atoms with van der Waals surface area (Å²) in [5, 5.41) is 3.06. The normalized spacial score (nSPS) is 15.8. The average Bonchev–Trinajstić information content (AvgIpc) is 3.51. The zero-order chi connectivity index (χ0) is 27.7. The number of benzene rings is 6. The maximum atomic E-state index is 6.60. The second-order valence-corrected chi connectivity index (χ2v) is 11.7. The Kier molecular flexibility index (Phi) is 5.29. The average molecular weight is 547 g/mol. The van der Waals surface area contributed by atoms with Crippen LogP contribution in [0.2, 0.25) is 5.02 Å². The maximum absolute atomic E-state index is 6.60. The van der Waals surface area contributed by atoms with Gasteiger partial charge in [0.05, 0.1) is 0 Å². The number of fused-ring (bicyclic) bond motifs is 6. The molecular formula is C39H27ClO. The first kappa shape index (κ1) is 24.2. The lowest BCUT2D eigenvalue weighted by molar-refractivity contribution is 0.670. The topological polar surface area (TPSA) is 13.1 Å². The predicted molar refractivity (Wildman–Crippen MR) is 172 cm³/mol. The van der Waals surface area contributed by atoms with Crippen LogP contribution in [-0.4, -0.2) is 0 Å². The SMILES string of the molecule is Cc1ccc(C2(C)c3cc(Cl)ccc3-c3c(-c4ccc(-c5cccc6c5oc5ccccc56)cc4)cccc32)cc1. The van der Waals surface area contributed by atoms with Gasteiger partial charge in [0.1, 0.15) is 11.2 Å². The highest BCUT2D eigenvalue weighted by Crippen LogP contribution is 2.55. The first-order valence-electron chi connectivity index (χ1n) is 14.0. The molecule has 6 aromatic carbocycles. The van der Waals surface area contributed by atoms with Gasteiger partial charge >= 0.3 is 0 Å². The van der Waals surface area contributed by atoms with Crippen LogP contribution in [0.3, 0.4) is 0 Å². The summed E-state index contributed by atoms with van der Waals surface area (Å²) >= 11 is 6.60. The van der Waals surface area contributed by atoms with E-state index in [1.165, 1.54) is 44.5 Å². The zero-order valence-electron chi connectivity index (χ0n) is 22.9. The van der Waals surface area contributed by atoms with Crippen LogP contribution in [0, 0.1) is 6.92 Å². The molecule has 1 aliphatic carbocycles. The molecule has 1 unspecified atom stereocenters. The molecule has 0 radical (unpaired) electrons. The smallest absolute Gasteiger partial charge is 0.143 e. The second-order valence-electron chi connectivity index (χ2n) is 11.3. The zero-order valence-corrected chi connectivity index (χ0v) is 23.7. The molecular weight excluding hydrogens is 520 g/mol. The van der Waals surface area contributed by atoms with E-state index in [0.717, 1.165) is 38.1 Å². The van der Waals surface area contributed by atoms with Crippen LogP contribution in [-0.2, 0) is 5.41 Å². The molecule has 1 aromatic heterocycles. The molecule has 1 heterocycles. The van der Waals surface area contributed by atoms with Crippen molar-refractivity contribution in [1.29, 1.82) is 0 Å². The van der Waals surface area contributed by atoms with Gasteiger partial charge in [0.25, 0.3) is 0 Å². The highest BCUT2D eigenvalue weighted by Gasteiger charge is 2.42. The van der Waals surface area contributed by atoms with Crippen LogP contribution in [0.25, 0.3) is 55.3 Å². The Morgan fingerprint density at radius 1 is 0.585 bits per heavy atom. The third-order valence-corrected chi connectivity index (χ3v) is 9.17. The van der Waals surface area contributed by atoms with E-state index in [0.29, 0.717) is 0 Å². The van der Waals surface area contributed by atoms with Crippen LogP contribution in [0.5, 0.6) is 0 Å². The van der Waals surface area contributed by atoms with E-state index in [4.69, 9.17) is 16.0 Å². The second kappa shape index (κ2) is 8.96. The van der Waals surface area contributed by atoms with Gasteiger partial charge in [0.2, 0.25) is 0 Å². The summed E-state index contributed by atoms with van der Waals surface area (Å²) in [5.74, 6) is 0. The van der Waals surface area contributed by atoms with Crippen molar-refractivity contribution in [2.45, 2.75) is 19.3 Å². The first-order chi connectivity index (χ1) is 20.0. The molecule has 0 saturated carbocycles. The van der Waals surface area contributed by atoms with Gasteiger partial charge < -0.3 is 4.42 Å². The van der Waals surface area contributed by atoms with Gasteiger partial charge in [-0.3, -0.25) is 0 Å². The molecule has 1 atom stereocenters. The fraction of sp³-hybridized carbons (Fsp3) is 0.0769. The molecule has 0 saturated heterocycles. The number of hydrogen-bond donors (Lipinski definition) is 0. The van der Waals surface area contributed by atoms with Crippen molar-refractivity contribution in [1.82, 2.24) is 0 Å². The van der Waals surface area contributed by atoms with Crippen molar-refractivity contribution in [3.05, 3.63) is 155 Å². The Morgan fingerprint density at radius 2 is 1.27 bits per heavy atom. The first-order valence-corrected chi connectivity index (χ1v) is 14.4. The van der Waals surface area contributed by atoms with Crippen molar-refractivity contribution >= 4 is 33.5 Å². The molecule has 1 aliphatic rings. The summed E-state index contributed by atoms with van der Waals surface area (Å²) in [6.07, 6.45) is 0. The van der Waals surface area contributed by atoms with Gasteiger partial charge in [-0.25, -0.2) is 0 Å². The van der Waals surface area contributed by atoms with Crippen LogP contribution >= 0.6 is 11.6 Å². The third-order valence-electron chi connectivity index (χ3n) is 8.93. The quantitative estimate of drug-likeness (QED) is 0.215. The molecule has 7 aromatic rings. The van der Waals surface area contributed by atoms with E-state index in [2.05, 4.69) is 123 Å². The van der Waals surface area contributed by atoms with Crippen LogP contribution < -0.4 is 0 Å². The van der Waals surface area contributed by atoms with E-state index in [-0.39, 0.29) is 5.41 Å². The van der Waals surface area contributed by atoms with Crippen molar-refractivity contribution in [3.63, 3.8) is 0 Å². The molecule has 0 N–H and O–H groups in total. The Hall–Kier alpha value is -4.59. The Morgan fingerprint density at radius 3 is 2.07 bits per heavy atom. The standard InChI is InChI=1S/C39H27ClO/c1-24-13-19-27(20-14-24)39(2)34-11-6-8-29(37(34)33-22-21-28(40)23-35(33)39)25-15-17-26(18-16-25)30-9-5-10-32-31-7-3-4-12-36(31)41-38(30)32/h3-23H,1-2H3. The summed E-state index contributed by atoms with van der Waals surface area (Å²) in [6.45, 7) is 4.47.